The highest BCUT2D eigenvalue weighted by Crippen LogP contribution is 2.12. The van der Waals surface area contributed by atoms with Crippen molar-refractivity contribution in [1.29, 1.82) is 0 Å². The minimum Gasteiger partial charge on any atom is -0.491 e. The molecule has 5 heteroatoms. The minimum absolute atomic E-state index is 0.194. The summed E-state index contributed by atoms with van der Waals surface area (Å²) in [5.74, 6) is 0.800. The predicted molar refractivity (Wildman–Crippen MR) is 74.3 cm³/mol. The Labute approximate surface area is 118 Å². The van der Waals surface area contributed by atoms with Crippen LogP contribution in [0.15, 0.2) is 24.3 Å². The normalized spacial score (nSPS) is 20.6. The van der Waals surface area contributed by atoms with E-state index in [2.05, 4.69) is 5.32 Å². The van der Waals surface area contributed by atoms with Gasteiger partial charge >= 0.3 is 0 Å². The first kappa shape index (κ1) is 15.2. The van der Waals surface area contributed by atoms with E-state index in [0.29, 0.717) is 18.2 Å². The van der Waals surface area contributed by atoms with Crippen molar-refractivity contribution < 1.29 is 19.0 Å². The van der Waals surface area contributed by atoms with Gasteiger partial charge in [0, 0.05) is 19.7 Å². The van der Waals surface area contributed by atoms with E-state index in [1.54, 1.807) is 12.1 Å². The summed E-state index contributed by atoms with van der Waals surface area (Å²) in [6.07, 6.45) is 1.71. The van der Waals surface area contributed by atoms with Crippen LogP contribution in [-0.2, 0) is 4.74 Å². The second-order valence-corrected chi connectivity index (χ2v) is 5.16. The molecule has 0 bridgehead atoms. The summed E-state index contributed by atoms with van der Waals surface area (Å²) in [4.78, 5) is 0. The highest BCUT2D eigenvalue weighted by molar-refractivity contribution is 5.22. The number of aliphatic hydroxyl groups is 1. The highest BCUT2D eigenvalue weighted by atomic mass is 19.1. The maximum Gasteiger partial charge on any atom is 0.123 e. The van der Waals surface area contributed by atoms with E-state index in [9.17, 15) is 9.50 Å². The zero-order chi connectivity index (χ0) is 14.2. The van der Waals surface area contributed by atoms with Crippen LogP contribution in [0.3, 0.4) is 0 Å². The van der Waals surface area contributed by atoms with E-state index in [0.717, 1.165) is 26.2 Å². The summed E-state index contributed by atoms with van der Waals surface area (Å²) in [7, 11) is 0. The maximum atomic E-state index is 12.7. The van der Waals surface area contributed by atoms with Crippen LogP contribution in [0.5, 0.6) is 5.75 Å². The Morgan fingerprint density at radius 3 is 2.90 bits per heavy atom. The molecule has 0 aliphatic carbocycles. The van der Waals surface area contributed by atoms with Crippen molar-refractivity contribution in [3.05, 3.63) is 30.1 Å². The molecule has 20 heavy (non-hydrogen) atoms. The summed E-state index contributed by atoms with van der Waals surface area (Å²) in [6, 6.07) is 5.77. The molecule has 1 aromatic rings. The second kappa shape index (κ2) is 8.19. The van der Waals surface area contributed by atoms with Gasteiger partial charge in [-0.1, -0.05) is 0 Å². The highest BCUT2D eigenvalue weighted by Gasteiger charge is 2.14. The fourth-order valence-corrected chi connectivity index (χ4v) is 2.20. The van der Waals surface area contributed by atoms with Crippen LogP contribution in [0.1, 0.15) is 12.8 Å². The second-order valence-electron chi connectivity index (χ2n) is 5.16. The Morgan fingerprint density at radius 2 is 2.20 bits per heavy atom. The lowest BCUT2D eigenvalue weighted by atomic mass is 10.0. The molecule has 1 heterocycles. The van der Waals surface area contributed by atoms with Gasteiger partial charge in [-0.25, -0.2) is 4.39 Å². The number of ether oxygens (including phenoxy) is 2. The third-order valence-corrected chi connectivity index (χ3v) is 3.32. The standard InChI is InChI=1S/C15H22FNO3/c16-13-3-5-15(6-4-13)20-11-14(18)9-17-8-12-2-1-7-19-10-12/h3-6,12,14,17-18H,1-2,7-11H2. The largest absolute Gasteiger partial charge is 0.491 e. The number of rotatable bonds is 7. The van der Waals surface area contributed by atoms with Crippen molar-refractivity contribution in [2.75, 3.05) is 32.9 Å². The van der Waals surface area contributed by atoms with Gasteiger partial charge in [0.25, 0.3) is 0 Å². The Morgan fingerprint density at radius 1 is 1.40 bits per heavy atom. The summed E-state index contributed by atoms with van der Waals surface area (Å²) in [6.45, 7) is 3.20. The van der Waals surface area contributed by atoms with Crippen LogP contribution in [0, 0.1) is 11.7 Å². The van der Waals surface area contributed by atoms with Crippen LogP contribution >= 0.6 is 0 Å². The van der Waals surface area contributed by atoms with E-state index in [4.69, 9.17) is 9.47 Å². The third-order valence-electron chi connectivity index (χ3n) is 3.32. The Bertz CT molecular complexity index is 379. The molecule has 0 aromatic heterocycles. The van der Waals surface area contributed by atoms with Gasteiger partial charge in [-0.2, -0.15) is 0 Å². The van der Waals surface area contributed by atoms with Gasteiger partial charge in [-0.15, -0.1) is 0 Å². The van der Waals surface area contributed by atoms with Crippen LogP contribution < -0.4 is 10.1 Å². The summed E-state index contributed by atoms with van der Waals surface area (Å²) >= 11 is 0. The number of aliphatic hydroxyl groups excluding tert-OH is 1. The molecule has 0 spiro atoms. The third kappa shape index (κ3) is 5.45. The van der Waals surface area contributed by atoms with E-state index >= 15 is 0 Å². The summed E-state index contributed by atoms with van der Waals surface area (Å²) < 4.78 is 23.5. The Kier molecular flexibility index (Phi) is 6.24. The Balaban J connectivity index is 1.57. The zero-order valence-corrected chi connectivity index (χ0v) is 11.6. The molecule has 2 rings (SSSR count). The fourth-order valence-electron chi connectivity index (χ4n) is 2.20. The SMILES string of the molecule is OC(CNCC1CCCOC1)COc1ccc(F)cc1. The van der Waals surface area contributed by atoms with E-state index in [-0.39, 0.29) is 12.4 Å². The number of halogens is 1. The van der Waals surface area contributed by atoms with Crippen LogP contribution in [0.2, 0.25) is 0 Å². The quantitative estimate of drug-likeness (QED) is 0.798. The fraction of sp³-hybridized carbons (Fsp3) is 0.600. The van der Waals surface area contributed by atoms with Gasteiger partial charge < -0.3 is 19.9 Å². The molecule has 0 radical (unpaired) electrons. The van der Waals surface area contributed by atoms with E-state index < -0.39 is 6.10 Å². The molecule has 1 aromatic carbocycles. The van der Waals surface area contributed by atoms with Crippen LogP contribution in [0.4, 0.5) is 4.39 Å². The molecule has 4 nitrogen and oxygen atoms in total. The smallest absolute Gasteiger partial charge is 0.123 e. The van der Waals surface area contributed by atoms with Gasteiger partial charge in [0.1, 0.15) is 24.3 Å². The van der Waals surface area contributed by atoms with Crippen molar-refractivity contribution in [2.45, 2.75) is 18.9 Å². The molecule has 0 saturated carbocycles. The van der Waals surface area contributed by atoms with Crippen molar-refractivity contribution in [3.8, 4) is 5.75 Å². The van der Waals surface area contributed by atoms with E-state index in [1.807, 2.05) is 0 Å². The molecule has 1 aliphatic heterocycles. The van der Waals surface area contributed by atoms with Crippen molar-refractivity contribution in [3.63, 3.8) is 0 Å². The monoisotopic (exact) mass is 283 g/mol. The molecule has 0 amide bonds. The van der Waals surface area contributed by atoms with Gasteiger partial charge in [-0.3, -0.25) is 0 Å². The lowest BCUT2D eigenvalue weighted by molar-refractivity contribution is 0.0516. The van der Waals surface area contributed by atoms with E-state index in [1.165, 1.54) is 18.6 Å². The zero-order valence-electron chi connectivity index (χ0n) is 11.6. The molecule has 1 saturated heterocycles. The molecule has 2 unspecified atom stereocenters. The number of hydrogen-bond acceptors (Lipinski definition) is 4. The maximum absolute atomic E-state index is 12.7. The molecule has 1 aliphatic rings. The lowest BCUT2D eigenvalue weighted by Crippen LogP contribution is -2.36. The molecule has 1 fully saturated rings. The van der Waals surface area contributed by atoms with Crippen LogP contribution in [0.25, 0.3) is 0 Å². The first-order chi connectivity index (χ1) is 9.74. The van der Waals surface area contributed by atoms with Crippen molar-refractivity contribution >= 4 is 0 Å². The minimum atomic E-state index is -0.579. The Hall–Kier alpha value is -1.17. The van der Waals surface area contributed by atoms with Gasteiger partial charge in [0.05, 0.1) is 6.61 Å². The first-order valence-corrected chi connectivity index (χ1v) is 7.09. The topological polar surface area (TPSA) is 50.7 Å². The first-order valence-electron chi connectivity index (χ1n) is 7.09. The average Bonchev–Trinajstić information content (AvgIpc) is 2.48. The average molecular weight is 283 g/mol. The summed E-state index contributed by atoms with van der Waals surface area (Å²) in [5.41, 5.74) is 0. The molecule has 112 valence electrons. The molecular formula is C15H22FNO3. The van der Waals surface area contributed by atoms with Crippen molar-refractivity contribution in [1.82, 2.24) is 5.32 Å². The van der Waals surface area contributed by atoms with Crippen LogP contribution in [-0.4, -0.2) is 44.1 Å². The predicted octanol–water partition coefficient (Wildman–Crippen LogP) is 1.58. The number of hydrogen-bond donors (Lipinski definition) is 2. The number of nitrogens with one attached hydrogen (secondary N) is 1. The van der Waals surface area contributed by atoms with Gasteiger partial charge in [0.15, 0.2) is 0 Å². The number of benzene rings is 1. The van der Waals surface area contributed by atoms with Gasteiger partial charge in [-0.05, 0) is 43.0 Å². The molecule has 2 atom stereocenters. The van der Waals surface area contributed by atoms with Crippen molar-refractivity contribution in [2.24, 2.45) is 5.92 Å². The van der Waals surface area contributed by atoms with Gasteiger partial charge in [0.2, 0.25) is 0 Å². The lowest BCUT2D eigenvalue weighted by Gasteiger charge is -2.23. The molecular weight excluding hydrogens is 261 g/mol. The molecule has 2 N–H and O–H groups in total. The summed E-state index contributed by atoms with van der Waals surface area (Å²) in [5, 5.41) is 13.0.